The van der Waals surface area contributed by atoms with Crippen LogP contribution in [0.15, 0.2) is 0 Å². The van der Waals surface area contributed by atoms with E-state index in [0.29, 0.717) is 0 Å². The molecule has 0 rings (SSSR count). The monoisotopic (exact) mass is 173 g/mol. The molecule has 0 aliphatic carbocycles. The van der Waals surface area contributed by atoms with E-state index in [0.717, 1.165) is 0 Å². The van der Waals surface area contributed by atoms with Gasteiger partial charge in [-0.3, -0.25) is 0 Å². The number of hydrogen-bond acceptors (Lipinski definition) is 0. The minimum Gasteiger partial charge on any atom is -0.0715 e. The summed E-state index contributed by atoms with van der Waals surface area (Å²) < 4.78 is 0. The van der Waals surface area contributed by atoms with Crippen LogP contribution < -0.4 is 0 Å². The lowest BCUT2D eigenvalue weighted by Gasteiger charge is -1.75. The van der Waals surface area contributed by atoms with Gasteiger partial charge in [0.05, 0.1) is 0 Å². The molecule has 0 aromatic carbocycles. The Morgan fingerprint density at radius 1 is 0.556 bits per heavy atom. The molecule has 53 valence electrons. The van der Waals surface area contributed by atoms with Crippen molar-refractivity contribution in [1.29, 1.82) is 0 Å². The maximum absolute atomic E-state index is 2.27. The Bertz CT molecular complexity index is 26.5. The van der Waals surface area contributed by atoms with Gasteiger partial charge in [0, 0.05) is 35.0 Å². The summed E-state index contributed by atoms with van der Waals surface area (Å²) in [4.78, 5) is 0. The molecular formula is C6H18AlSi2. The van der Waals surface area contributed by atoms with Crippen LogP contribution >= 0.6 is 0 Å². The van der Waals surface area contributed by atoms with E-state index < -0.39 is 0 Å². The van der Waals surface area contributed by atoms with Crippen LogP contribution in [0.25, 0.3) is 0 Å². The van der Waals surface area contributed by atoms with Gasteiger partial charge in [0.2, 0.25) is 0 Å². The smallest absolute Gasteiger partial charge is 0.0379 e. The molecule has 0 aliphatic rings. The highest BCUT2D eigenvalue weighted by Crippen LogP contribution is 1.68. The lowest BCUT2D eigenvalue weighted by molar-refractivity contribution is 1.91. The number of rotatable bonds is 0. The second-order valence-corrected chi connectivity index (χ2v) is 9.00. The van der Waals surface area contributed by atoms with Crippen LogP contribution in [0.2, 0.25) is 39.3 Å². The third-order valence-electron chi connectivity index (χ3n) is 0. The fraction of sp³-hybridized carbons (Fsp3) is 1.00. The molecule has 0 amide bonds. The summed E-state index contributed by atoms with van der Waals surface area (Å²) in [6.45, 7) is 13.6. The summed E-state index contributed by atoms with van der Waals surface area (Å²) in [5.41, 5.74) is 0. The Balaban J connectivity index is -0.0000000720. The summed E-state index contributed by atoms with van der Waals surface area (Å²) in [7, 11) is 0.241. The quantitative estimate of drug-likeness (QED) is 0.493. The van der Waals surface area contributed by atoms with Crippen LogP contribution in [0.3, 0.4) is 0 Å². The highest BCUT2D eigenvalue weighted by atomic mass is 28.3. The van der Waals surface area contributed by atoms with Gasteiger partial charge in [-0.2, -0.15) is 0 Å². The zero-order valence-electron chi connectivity index (χ0n) is 7.58. The van der Waals surface area contributed by atoms with E-state index in [2.05, 4.69) is 39.3 Å². The molecule has 0 unspecified atom stereocenters. The van der Waals surface area contributed by atoms with Gasteiger partial charge in [0.1, 0.15) is 0 Å². The highest BCUT2D eigenvalue weighted by Gasteiger charge is 1.72. The van der Waals surface area contributed by atoms with Gasteiger partial charge in [-0.05, 0) is 0 Å². The Labute approximate surface area is 74.4 Å². The van der Waals surface area contributed by atoms with Crippen LogP contribution in [-0.2, 0) is 0 Å². The maximum Gasteiger partial charge on any atom is 0.0379 e. The summed E-state index contributed by atoms with van der Waals surface area (Å²) >= 11 is 0. The van der Waals surface area contributed by atoms with Crippen LogP contribution in [0.4, 0.5) is 0 Å². The fourth-order valence-electron chi connectivity index (χ4n) is 0. The van der Waals surface area contributed by atoms with Crippen molar-refractivity contribution in [3.63, 3.8) is 0 Å². The summed E-state index contributed by atoms with van der Waals surface area (Å²) in [5, 5.41) is 0. The average molecular weight is 173 g/mol. The maximum atomic E-state index is 2.27. The van der Waals surface area contributed by atoms with E-state index in [1.165, 1.54) is 0 Å². The van der Waals surface area contributed by atoms with Crippen LogP contribution in [-0.4, -0.2) is 35.0 Å². The highest BCUT2D eigenvalue weighted by molar-refractivity contribution is 6.54. The molecule has 0 aromatic rings. The molecule has 0 atom stereocenters. The van der Waals surface area contributed by atoms with Gasteiger partial charge in [0.15, 0.2) is 0 Å². The number of hydrogen-bond donors (Lipinski definition) is 0. The summed E-state index contributed by atoms with van der Waals surface area (Å²) in [6, 6.07) is 0. The first-order chi connectivity index (χ1) is 3.46. The fourth-order valence-corrected chi connectivity index (χ4v) is 0. The molecular weight excluding hydrogens is 155 g/mol. The van der Waals surface area contributed by atoms with Crippen molar-refractivity contribution < 1.29 is 0 Å². The SMILES string of the molecule is C[Si](C)C.C[Si](C)C.[Al]. The van der Waals surface area contributed by atoms with Crippen molar-refractivity contribution in [1.82, 2.24) is 0 Å². The summed E-state index contributed by atoms with van der Waals surface area (Å²) in [6.07, 6.45) is 0. The normalized spacial score (nSPS) is 8.00. The van der Waals surface area contributed by atoms with Crippen LogP contribution in [0, 0.1) is 0 Å². The molecule has 0 nitrogen and oxygen atoms in total. The first-order valence-corrected chi connectivity index (χ1v) is 9.00. The second-order valence-electron chi connectivity index (χ2n) is 3.00. The van der Waals surface area contributed by atoms with Gasteiger partial charge in [-0.1, -0.05) is 39.3 Å². The lowest BCUT2D eigenvalue weighted by atomic mass is 11.8. The van der Waals surface area contributed by atoms with E-state index in [9.17, 15) is 0 Å². The van der Waals surface area contributed by atoms with Gasteiger partial charge in [0.25, 0.3) is 0 Å². The van der Waals surface area contributed by atoms with E-state index >= 15 is 0 Å². The van der Waals surface area contributed by atoms with E-state index in [-0.39, 0.29) is 35.0 Å². The zero-order chi connectivity index (χ0) is 7.15. The van der Waals surface area contributed by atoms with Crippen molar-refractivity contribution in [2.45, 2.75) is 39.3 Å². The molecule has 0 bridgehead atoms. The Morgan fingerprint density at radius 2 is 0.556 bits per heavy atom. The third kappa shape index (κ3) is 466. The predicted molar refractivity (Wildman–Crippen MR) is 52.4 cm³/mol. The first-order valence-electron chi connectivity index (χ1n) is 3.00. The molecule has 0 fully saturated rings. The van der Waals surface area contributed by atoms with Gasteiger partial charge in [-0.15, -0.1) is 0 Å². The third-order valence-corrected chi connectivity index (χ3v) is 0. The second kappa shape index (κ2) is 11.7. The topological polar surface area (TPSA) is 0 Å². The van der Waals surface area contributed by atoms with Gasteiger partial charge >= 0.3 is 0 Å². The minimum atomic E-state index is 0. The minimum absolute atomic E-state index is 0. The molecule has 0 spiro atoms. The predicted octanol–water partition coefficient (Wildman–Crippen LogP) is 2.36. The van der Waals surface area contributed by atoms with Crippen molar-refractivity contribution in [2.75, 3.05) is 0 Å². The van der Waals surface area contributed by atoms with E-state index in [1.807, 2.05) is 0 Å². The van der Waals surface area contributed by atoms with Gasteiger partial charge < -0.3 is 0 Å². The molecule has 0 aliphatic heterocycles. The van der Waals surface area contributed by atoms with E-state index in [4.69, 9.17) is 0 Å². The van der Waals surface area contributed by atoms with Gasteiger partial charge in [-0.25, -0.2) is 0 Å². The average Bonchev–Trinajstić information content (AvgIpc) is 1.25. The van der Waals surface area contributed by atoms with Crippen molar-refractivity contribution in [3.05, 3.63) is 0 Å². The molecule has 0 saturated heterocycles. The molecule has 3 heteroatoms. The zero-order valence-corrected chi connectivity index (χ0v) is 10.7. The lowest BCUT2D eigenvalue weighted by Crippen LogP contribution is -1.84. The standard InChI is InChI=1S/2C3H9Si.Al/c2*1-4(2)3;/h2*1-3H3;. The van der Waals surface area contributed by atoms with E-state index in [1.54, 1.807) is 0 Å². The van der Waals surface area contributed by atoms with Crippen LogP contribution in [0.5, 0.6) is 0 Å². The largest absolute Gasteiger partial charge is 0.0715 e. The van der Waals surface area contributed by atoms with Crippen molar-refractivity contribution in [2.24, 2.45) is 0 Å². The molecule has 5 radical (unpaired) electrons. The van der Waals surface area contributed by atoms with Crippen molar-refractivity contribution >= 4 is 35.0 Å². The molecule has 0 saturated carbocycles. The van der Waals surface area contributed by atoms with Crippen molar-refractivity contribution in [3.8, 4) is 0 Å². The molecule has 0 aromatic heterocycles. The Hall–Kier alpha value is 0.966. The summed E-state index contributed by atoms with van der Waals surface area (Å²) in [5.74, 6) is 0. The van der Waals surface area contributed by atoms with Crippen LogP contribution in [0.1, 0.15) is 0 Å². The Kier molecular flexibility index (Phi) is 21.5. The Morgan fingerprint density at radius 3 is 0.556 bits per heavy atom. The first kappa shape index (κ1) is 16.5. The molecule has 0 N–H and O–H groups in total. The molecule has 9 heavy (non-hydrogen) atoms. The molecule has 0 heterocycles.